The van der Waals surface area contributed by atoms with Crippen molar-refractivity contribution in [2.45, 2.75) is 6.92 Å². The summed E-state index contributed by atoms with van der Waals surface area (Å²) in [5.41, 5.74) is 0.967. The van der Waals surface area contributed by atoms with Gasteiger partial charge in [0.2, 0.25) is 0 Å². The van der Waals surface area contributed by atoms with Crippen LogP contribution in [0.3, 0.4) is 0 Å². The molecule has 0 amide bonds. The first-order valence-corrected chi connectivity index (χ1v) is 4.73. The van der Waals surface area contributed by atoms with Crippen molar-refractivity contribution in [3.8, 4) is 11.5 Å². The van der Waals surface area contributed by atoms with Crippen LogP contribution in [0.25, 0.3) is 10.8 Å². The first kappa shape index (κ1) is 9.77. The summed E-state index contributed by atoms with van der Waals surface area (Å²) in [5.74, 6) is 1.51. The second-order valence-electron chi connectivity index (χ2n) is 3.35. The number of hydrogen-bond acceptors (Lipinski definition) is 3. The molecule has 78 valence electrons. The number of benzene rings is 1. The van der Waals surface area contributed by atoms with Crippen LogP contribution in [-0.4, -0.2) is 19.2 Å². The topological polar surface area (TPSA) is 31.4 Å². The second kappa shape index (κ2) is 3.77. The van der Waals surface area contributed by atoms with E-state index in [2.05, 4.69) is 4.98 Å². The minimum atomic E-state index is 0.746. The van der Waals surface area contributed by atoms with Crippen LogP contribution in [0.4, 0.5) is 0 Å². The number of aryl methyl sites for hydroxylation is 1. The fraction of sp³-hybridized carbons (Fsp3) is 0.250. The standard InChI is InChI=1S/C12H13NO2/c1-8-6-10-9(7-13-8)4-5-11(14-2)12(10)15-3/h4-7H,1-3H3. The summed E-state index contributed by atoms with van der Waals surface area (Å²) in [5, 5.41) is 2.09. The van der Waals surface area contributed by atoms with E-state index >= 15 is 0 Å². The normalized spacial score (nSPS) is 10.3. The highest BCUT2D eigenvalue weighted by molar-refractivity contribution is 5.90. The van der Waals surface area contributed by atoms with E-state index in [0.29, 0.717) is 0 Å². The van der Waals surface area contributed by atoms with Crippen LogP contribution in [0.5, 0.6) is 11.5 Å². The Labute approximate surface area is 88.7 Å². The number of methoxy groups -OCH3 is 2. The molecule has 3 heteroatoms. The Morgan fingerprint density at radius 3 is 2.60 bits per heavy atom. The maximum absolute atomic E-state index is 5.35. The molecule has 15 heavy (non-hydrogen) atoms. The lowest BCUT2D eigenvalue weighted by Gasteiger charge is -2.10. The van der Waals surface area contributed by atoms with Crippen molar-refractivity contribution in [1.29, 1.82) is 0 Å². The molecule has 2 aromatic rings. The molecule has 0 saturated carbocycles. The summed E-state index contributed by atoms with van der Waals surface area (Å²) in [6.45, 7) is 1.96. The third-order valence-electron chi connectivity index (χ3n) is 2.38. The summed E-state index contributed by atoms with van der Waals surface area (Å²) in [4.78, 5) is 4.24. The van der Waals surface area contributed by atoms with Gasteiger partial charge in [0.1, 0.15) is 0 Å². The molecule has 1 heterocycles. The van der Waals surface area contributed by atoms with Gasteiger partial charge in [0.25, 0.3) is 0 Å². The summed E-state index contributed by atoms with van der Waals surface area (Å²) < 4.78 is 10.6. The Hall–Kier alpha value is -1.77. The highest BCUT2D eigenvalue weighted by Gasteiger charge is 2.08. The molecule has 0 bridgehead atoms. The number of pyridine rings is 1. The van der Waals surface area contributed by atoms with Crippen molar-refractivity contribution in [2.75, 3.05) is 14.2 Å². The number of hydrogen-bond donors (Lipinski definition) is 0. The molecule has 0 atom stereocenters. The largest absolute Gasteiger partial charge is 0.493 e. The van der Waals surface area contributed by atoms with Gasteiger partial charge in [-0.15, -0.1) is 0 Å². The summed E-state index contributed by atoms with van der Waals surface area (Å²) in [7, 11) is 3.28. The average molecular weight is 203 g/mol. The zero-order chi connectivity index (χ0) is 10.8. The van der Waals surface area contributed by atoms with Crippen LogP contribution < -0.4 is 9.47 Å². The van der Waals surface area contributed by atoms with Crippen molar-refractivity contribution < 1.29 is 9.47 Å². The molecule has 0 fully saturated rings. The van der Waals surface area contributed by atoms with Gasteiger partial charge < -0.3 is 9.47 Å². The molecule has 0 N–H and O–H groups in total. The minimum absolute atomic E-state index is 0.746. The Bertz CT molecular complexity index is 494. The Morgan fingerprint density at radius 1 is 1.13 bits per heavy atom. The molecule has 3 nitrogen and oxygen atoms in total. The highest BCUT2D eigenvalue weighted by atomic mass is 16.5. The fourth-order valence-electron chi connectivity index (χ4n) is 1.65. The number of fused-ring (bicyclic) bond motifs is 1. The Morgan fingerprint density at radius 2 is 1.93 bits per heavy atom. The van der Waals surface area contributed by atoms with Crippen molar-refractivity contribution in [3.63, 3.8) is 0 Å². The number of aromatic nitrogens is 1. The monoisotopic (exact) mass is 203 g/mol. The molecule has 2 rings (SSSR count). The molecule has 1 aromatic carbocycles. The van der Waals surface area contributed by atoms with E-state index in [1.807, 2.05) is 31.3 Å². The molecule has 0 aliphatic heterocycles. The van der Waals surface area contributed by atoms with Crippen LogP contribution in [0.15, 0.2) is 24.4 Å². The molecule has 0 spiro atoms. The van der Waals surface area contributed by atoms with Crippen LogP contribution in [0.1, 0.15) is 5.69 Å². The molecule has 0 radical (unpaired) electrons. The molecule has 0 saturated heterocycles. The van der Waals surface area contributed by atoms with Gasteiger partial charge in [-0.25, -0.2) is 0 Å². The maximum atomic E-state index is 5.35. The predicted octanol–water partition coefficient (Wildman–Crippen LogP) is 2.56. The van der Waals surface area contributed by atoms with E-state index in [9.17, 15) is 0 Å². The van der Waals surface area contributed by atoms with Gasteiger partial charge in [-0.3, -0.25) is 4.98 Å². The zero-order valence-electron chi connectivity index (χ0n) is 9.07. The van der Waals surface area contributed by atoms with Gasteiger partial charge in [0.05, 0.1) is 14.2 Å². The van der Waals surface area contributed by atoms with E-state index in [1.54, 1.807) is 14.2 Å². The zero-order valence-corrected chi connectivity index (χ0v) is 9.07. The van der Waals surface area contributed by atoms with Gasteiger partial charge in [-0.2, -0.15) is 0 Å². The molecular weight excluding hydrogens is 190 g/mol. The smallest absolute Gasteiger partial charge is 0.168 e. The van der Waals surface area contributed by atoms with E-state index in [-0.39, 0.29) is 0 Å². The van der Waals surface area contributed by atoms with Crippen molar-refractivity contribution in [2.24, 2.45) is 0 Å². The molecule has 0 aliphatic rings. The Kier molecular flexibility index (Phi) is 2.46. The van der Waals surface area contributed by atoms with Crippen LogP contribution >= 0.6 is 0 Å². The summed E-state index contributed by atoms with van der Waals surface area (Å²) >= 11 is 0. The number of nitrogens with zero attached hydrogens (tertiary/aromatic N) is 1. The first-order chi connectivity index (χ1) is 7.26. The average Bonchev–Trinajstić information content (AvgIpc) is 2.27. The summed E-state index contributed by atoms with van der Waals surface area (Å²) in [6, 6.07) is 5.86. The van der Waals surface area contributed by atoms with E-state index in [4.69, 9.17) is 9.47 Å². The maximum Gasteiger partial charge on any atom is 0.168 e. The second-order valence-corrected chi connectivity index (χ2v) is 3.35. The highest BCUT2D eigenvalue weighted by Crippen LogP contribution is 2.34. The molecule has 1 aromatic heterocycles. The lowest BCUT2D eigenvalue weighted by Crippen LogP contribution is -1.92. The lowest BCUT2D eigenvalue weighted by atomic mass is 10.1. The minimum Gasteiger partial charge on any atom is -0.493 e. The van der Waals surface area contributed by atoms with Crippen LogP contribution in [0, 0.1) is 6.92 Å². The molecule has 0 unspecified atom stereocenters. The van der Waals surface area contributed by atoms with Crippen molar-refractivity contribution in [3.05, 3.63) is 30.1 Å². The van der Waals surface area contributed by atoms with E-state index in [0.717, 1.165) is 28.0 Å². The van der Waals surface area contributed by atoms with Gasteiger partial charge in [-0.1, -0.05) is 0 Å². The van der Waals surface area contributed by atoms with Crippen molar-refractivity contribution >= 4 is 10.8 Å². The molecular formula is C12H13NO2. The van der Waals surface area contributed by atoms with Crippen LogP contribution in [0.2, 0.25) is 0 Å². The SMILES string of the molecule is COc1ccc2cnc(C)cc2c1OC. The van der Waals surface area contributed by atoms with Gasteiger partial charge in [0, 0.05) is 22.7 Å². The quantitative estimate of drug-likeness (QED) is 0.751. The third kappa shape index (κ3) is 1.61. The van der Waals surface area contributed by atoms with E-state index in [1.165, 1.54) is 0 Å². The van der Waals surface area contributed by atoms with Gasteiger partial charge in [-0.05, 0) is 25.1 Å². The Balaban J connectivity index is 2.79. The lowest BCUT2D eigenvalue weighted by molar-refractivity contribution is 0.358. The van der Waals surface area contributed by atoms with Crippen LogP contribution in [-0.2, 0) is 0 Å². The number of rotatable bonds is 2. The van der Waals surface area contributed by atoms with Gasteiger partial charge in [0.15, 0.2) is 11.5 Å². The predicted molar refractivity (Wildman–Crippen MR) is 59.6 cm³/mol. The van der Waals surface area contributed by atoms with E-state index < -0.39 is 0 Å². The van der Waals surface area contributed by atoms with Crippen molar-refractivity contribution in [1.82, 2.24) is 4.98 Å². The molecule has 0 aliphatic carbocycles. The first-order valence-electron chi connectivity index (χ1n) is 4.73. The third-order valence-corrected chi connectivity index (χ3v) is 2.38. The number of ether oxygens (including phenoxy) is 2. The fourth-order valence-corrected chi connectivity index (χ4v) is 1.65. The summed E-state index contributed by atoms with van der Waals surface area (Å²) in [6.07, 6.45) is 1.84. The van der Waals surface area contributed by atoms with Gasteiger partial charge >= 0.3 is 0 Å².